The lowest BCUT2D eigenvalue weighted by Crippen LogP contribution is -2.47. The standard InChI is InChI=1S/C12H11ClO2/c13-8-5-9(14)10-6-1-3-7(4-2-6)11(10)12(8)15/h1,3,5-7,10-11H,2,4H2. The molecule has 0 N–H and O–H groups in total. The number of Topliss-reactive ketones (excluding diaryl/α,β-unsaturated/α-hetero) is 1. The summed E-state index contributed by atoms with van der Waals surface area (Å²) in [6, 6.07) is 0. The van der Waals surface area contributed by atoms with Gasteiger partial charge in [-0.25, -0.2) is 0 Å². The zero-order chi connectivity index (χ0) is 10.6. The van der Waals surface area contributed by atoms with Gasteiger partial charge < -0.3 is 0 Å². The van der Waals surface area contributed by atoms with E-state index in [1.54, 1.807) is 0 Å². The molecule has 0 aromatic carbocycles. The van der Waals surface area contributed by atoms with E-state index in [4.69, 9.17) is 11.6 Å². The fourth-order valence-corrected chi connectivity index (χ4v) is 3.42. The first kappa shape index (κ1) is 9.34. The molecule has 0 spiro atoms. The Hall–Kier alpha value is -0.890. The molecule has 1 saturated carbocycles. The highest BCUT2D eigenvalue weighted by Gasteiger charge is 2.49. The van der Waals surface area contributed by atoms with Crippen molar-refractivity contribution in [1.29, 1.82) is 0 Å². The van der Waals surface area contributed by atoms with E-state index in [1.165, 1.54) is 6.08 Å². The molecule has 0 aliphatic heterocycles. The molecule has 78 valence electrons. The van der Waals surface area contributed by atoms with Gasteiger partial charge in [-0.3, -0.25) is 9.59 Å². The fraction of sp³-hybridized carbons (Fsp3) is 0.500. The van der Waals surface area contributed by atoms with Crippen molar-refractivity contribution >= 4 is 23.2 Å². The summed E-state index contributed by atoms with van der Waals surface area (Å²) >= 11 is 5.79. The zero-order valence-electron chi connectivity index (χ0n) is 8.15. The second-order valence-electron chi connectivity index (χ2n) is 4.60. The van der Waals surface area contributed by atoms with Crippen molar-refractivity contribution in [3.05, 3.63) is 23.3 Å². The molecule has 4 unspecified atom stereocenters. The average molecular weight is 223 g/mol. The van der Waals surface area contributed by atoms with E-state index in [9.17, 15) is 9.59 Å². The summed E-state index contributed by atoms with van der Waals surface area (Å²) in [6.07, 6.45) is 7.57. The third-order valence-corrected chi connectivity index (χ3v) is 4.18. The molecule has 15 heavy (non-hydrogen) atoms. The lowest BCUT2D eigenvalue weighted by Gasteiger charge is -2.44. The summed E-state index contributed by atoms with van der Waals surface area (Å²) in [7, 11) is 0. The number of rotatable bonds is 0. The molecular formula is C12H11ClO2. The summed E-state index contributed by atoms with van der Waals surface area (Å²) in [5.41, 5.74) is 0. The summed E-state index contributed by atoms with van der Waals surface area (Å²) in [5.74, 6) is 0.225. The quantitative estimate of drug-likeness (QED) is 0.588. The first-order valence-corrected chi connectivity index (χ1v) is 5.70. The Morgan fingerprint density at radius 2 is 1.67 bits per heavy atom. The Morgan fingerprint density at radius 1 is 1.07 bits per heavy atom. The SMILES string of the molecule is O=C1C=C(Cl)C(=O)C2C3C=CC(CC3)C12. The molecule has 1 fully saturated rings. The van der Waals surface area contributed by atoms with Crippen LogP contribution in [0, 0.1) is 23.7 Å². The maximum atomic E-state index is 11.9. The van der Waals surface area contributed by atoms with Crippen molar-refractivity contribution in [3.63, 3.8) is 0 Å². The maximum absolute atomic E-state index is 11.9. The number of fused-ring (bicyclic) bond motifs is 1. The molecule has 0 aromatic rings. The lowest BCUT2D eigenvalue weighted by atomic mass is 9.58. The van der Waals surface area contributed by atoms with E-state index in [0.29, 0.717) is 0 Å². The number of ketones is 2. The number of hydrogen-bond acceptors (Lipinski definition) is 2. The van der Waals surface area contributed by atoms with Crippen LogP contribution in [0.1, 0.15) is 12.8 Å². The van der Waals surface area contributed by atoms with Crippen LogP contribution in [-0.2, 0) is 9.59 Å². The Kier molecular flexibility index (Phi) is 1.90. The van der Waals surface area contributed by atoms with E-state index in [2.05, 4.69) is 12.2 Å². The van der Waals surface area contributed by atoms with Crippen LogP contribution in [0.4, 0.5) is 0 Å². The molecular weight excluding hydrogens is 212 g/mol. The normalized spacial score (nSPS) is 42.9. The molecule has 2 nitrogen and oxygen atoms in total. The van der Waals surface area contributed by atoms with Crippen molar-refractivity contribution in [3.8, 4) is 0 Å². The summed E-state index contributed by atoms with van der Waals surface area (Å²) < 4.78 is 0. The molecule has 2 bridgehead atoms. The van der Waals surface area contributed by atoms with Crippen molar-refractivity contribution in [2.45, 2.75) is 12.8 Å². The number of carbonyl (C=O) groups is 2. The first-order chi connectivity index (χ1) is 7.18. The topological polar surface area (TPSA) is 34.1 Å². The van der Waals surface area contributed by atoms with Crippen LogP contribution in [-0.4, -0.2) is 11.6 Å². The predicted octanol–water partition coefficient (Wildman–Crippen LogP) is 2.09. The number of hydrogen-bond donors (Lipinski definition) is 0. The fourth-order valence-electron chi connectivity index (χ4n) is 3.19. The van der Waals surface area contributed by atoms with Crippen LogP contribution < -0.4 is 0 Å². The molecule has 0 saturated heterocycles. The third-order valence-electron chi connectivity index (χ3n) is 3.88. The minimum absolute atomic E-state index is 0.0275. The molecule has 3 heteroatoms. The molecule has 4 aliphatic carbocycles. The second-order valence-corrected chi connectivity index (χ2v) is 5.01. The van der Waals surface area contributed by atoms with E-state index < -0.39 is 0 Å². The van der Waals surface area contributed by atoms with Gasteiger partial charge in [0.05, 0.1) is 5.03 Å². The Balaban J connectivity index is 2.10. The largest absolute Gasteiger partial charge is 0.294 e. The smallest absolute Gasteiger partial charge is 0.178 e. The van der Waals surface area contributed by atoms with Gasteiger partial charge in [-0.15, -0.1) is 0 Å². The highest BCUT2D eigenvalue weighted by Crippen LogP contribution is 2.48. The van der Waals surface area contributed by atoms with Gasteiger partial charge in [0.2, 0.25) is 0 Å². The van der Waals surface area contributed by atoms with Crippen LogP contribution in [0.25, 0.3) is 0 Å². The average Bonchev–Trinajstić information content (AvgIpc) is 2.26. The van der Waals surface area contributed by atoms with Gasteiger partial charge in [0, 0.05) is 17.9 Å². The van der Waals surface area contributed by atoms with Crippen LogP contribution in [0.5, 0.6) is 0 Å². The van der Waals surface area contributed by atoms with E-state index >= 15 is 0 Å². The monoisotopic (exact) mass is 222 g/mol. The van der Waals surface area contributed by atoms with Gasteiger partial charge in [-0.2, -0.15) is 0 Å². The molecule has 0 radical (unpaired) electrons. The van der Waals surface area contributed by atoms with Gasteiger partial charge in [-0.1, -0.05) is 23.8 Å². The third kappa shape index (κ3) is 1.18. The highest BCUT2D eigenvalue weighted by atomic mass is 35.5. The summed E-state index contributed by atoms with van der Waals surface area (Å²) in [6.45, 7) is 0. The van der Waals surface area contributed by atoms with Crippen molar-refractivity contribution in [2.24, 2.45) is 23.7 Å². The molecule has 0 heterocycles. The van der Waals surface area contributed by atoms with Gasteiger partial charge in [-0.05, 0) is 24.7 Å². The predicted molar refractivity (Wildman–Crippen MR) is 56.3 cm³/mol. The van der Waals surface area contributed by atoms with E-state index in [0.717, 1.165) is 12.8 Å². The number of carbonyl (C=O) groups excluding carboxylic acids is 2. The molecule has 0 aromatic heterocycles. The van der Waals surface area contributed by atoms with Crippen molar-refractivity contribution in [1.82, 2.24) is 0 Å². The highest BCUT2D eigenvalue weighted by molar-refractivity contribution is 6.45. The maximum Gasteiger partial charge on any atom is 0.178 e. The summed E-state index contributed by atoms with van der Waals surface area (Å²) in [5, 5.41) is 0.127. The first-order valence-electron chi connectivity index (χ1n) is 5.32. The van der Waals surface area contributed by atoms with Gasteiger partial charge >= 0.3 is 0 Å². The van der Waals surface area contributed by atoms with Crippen LogP contribution in [0.3, 0.4) is 0 Å². The Bertz CT molecular complexity index is 408. The van der Waals surface area contributed by atoms with Gasteiger partial charge in [0.15, 0.2) is 11.6 Å². The van der Waals surface area contributed by atoms with Crippen molar-refractivity contribution in [2.75, 3.05) is 0 Å². The van der Waals surface area contributed by atoms with E-state index in [-0.39, 0.29) is 40.3 Å². The number of allylic oxidation sites excluding steroid dienone is 4. The zero-order valence-corrected chi connectivity index (χ0v) is 8.91. The lowest BCUT2D eigenvalue weighted by molar-refractivity contribution is -0.134. The van der Waals surface area contributed by atoms with Crippen LogP contribution in [0.15, 0.2) is 23.3 Å². The van der Waals surface area contributed by atoms with Gasteiger partial charge in [0.1, 0.15) is 0 Å². The minimum Gasteiger partial charge on any atom is -0.294 e. The van der Waals surface area contributed by atoms with E-state index in [1.807, 2.05) is 0 Å². The molecule has 0 amide bonds. The molecule has 4 rings (SSSR count). The molecule has 4 aliphatic rings. The Morgan fingerprint density at radius 3 is 2.27 bits per heavy atom. The number of halogens is 1. The minimum atomic E-state index is -0.168. The van der Waals surface area contributed by atoms with Crippen molar-refractivity contribution < 1.29 is 9.59 Å². The van der Waals surface area contributed by atoms with Gasteiger partial charge in [0.25, 0.3) is 0 Å². The van der Waals surface area contributed by atoms with Crippen LogP contribution in [0.2, 0.25) is 0 Å². The molecule has 4 atom stereocenters. The van der Waals surface area contributed by atoms with Crippen LogP contribution >= 0.6 is 11.6 Å². The summed E-state index contributed by atoms with van der Waals surface area (Å²) in [4.78, 5) is 23.7. The second kappa shape index (κ2) is 3.05. The Labute approximate surface area is 93.0 Å².